The molecule has 1 aromatic carbocycles. The number of carbonyl (C=O) groups is 1. The molecule has 0 bridgehead atoms. The van der Waals surface area contributed by atoms with Crippen molar-refractivity contribution in [3.8, 4) is 0 Å². The molecule has 0 aromatic heterocycles. The van der Waals surface area contributed by atoms with Crippen LogP contribution in [0.15, 0.2) is 18.2 Å². The van der Waals surface area contributed by atoms with E-state index in [9.17, 15) is 13.2 Å². The Balaban J connectivity index is 2.16. The third-order valence-electron chi connectivity index (χ3n) is 3.83. The van der Waals surface area contributed by atoms with Gasteiger partial charge in [0, 0.05) is 13.6 Å². The summed E-state index contributed by atoms with van der Waals surface area (Å²) in [5, 5.41) is 0.921. The van der Waals surface area contributed by atoms with Crippen molar-refractivity contribution in [3.05, 3.63) is 33.8 Å². The third kappa shape index (κ3) is 3.93. The molecule has 0 unspecified atom stereocenters. The number of rotatable bonds is 4. The zero-order chi connectivity index (χ0) is 16.5. The van der Waals surface area contributed by atoms with E-state index < -0.39 is 10.0 Å². The fourth-order valence-corrected chi connectivity index (χ4v) is 3.18. The lowest BCUT2D eigenvalue weighted by molar-refractivity contribution is -0.132. The predicted octanol–water partition coefficient (Wildman–Crippen LogP) is 2.55. The maximum absolute atomic E-state index is 12.4. The molecule has 1 heterocycles. The lowest BCUT2D eigenvalue weighted by atomic mass is 10.0. The van der Waals surface area contributed by atoms with Gasteiger partial charge in [0.1, 0.15) is 0 Å². The van der Waals surface area contributed by atoms with Gasteiger partial charge in [0.2, 0.25) is 15.9 Å². The SMILES string of the molecule is CN(CC(=O)N1CCC[C@@H]1c1ccc(Cl)c(Cl)c1)S(C)(=O)=O. The van der Waals surface area contributed by atoms with Gasteiger partial charge >= 0.3 is 0 Å². The summed E-state index contributed by atoms with van der Waals surface area (Å²) in [6.07, 6.45) is 2.78. The minimum absolute atomic E-state index is 0.0878. The number of likely N-dealkylation sites (N-methyl/N-ethyl adjacent to an activating group) is 1. The maximum Gasteiger partial charge on any atom is 0.238 e. The van der Waals surface area contributed by atoms with Crippen LogP contribution in [0.4, 0.5) is 0 Å². The summed E-state index contributed by atoms with van der Waals surface area (Å²) in [6.45, 7) is 0.456. The maximum atomic E-state index is 12.4. The van der Waals surface area contributed by atoms with Crippen molar-refractivity contribution in [2.75, 3.05) is 26.4 Å². The molecule has 1 aliphatic rings. The van der Waals surface area contributed by atoms with E-state index in [4.69, 9.17) is 23.2 Å². The van der Waals surface area contributed by atoms with Gasteiger partial charge < -0.3 is 4.90 Å². The van der Waals surface area contributed by atoms with Crippen LogP contribution in [0, 0.1) is 0 Å². The number of hydrogen-bond donors (Lipinski definition) is 0. The monoisotopic (exact) mass is 364 g/mol. The highest BCUT2D eigenvalue weighted by Crippen LogP contribution is 2.35. The molecule has 1 aromatic rings. The zero-order valence-electron chi connectivity index (χ0n) is 12.4. The van der Waals surface area contributed by atoms with Gasteiger partial charge in [-0.3, -0.25) is 4.79 Å². The van der Waals surface area contributed by atoms with E-state index in [-0.39, 0.29) is 18.5 Å². The topological polar surface area (TPSA) is 57.7 Å². The largest absolute Gasteiger partial charge is 0.335 e. The second-order valence-electron chi connectivity index (χ2n) is 5.44. The summed E-state index contributed by atoms with van der Waals surface area (Å²) in [5.41, 5.74) is 0.919. The van der Waals surface area contributed by atoms with E-state index in [1.807, 2.05) is 6.07 Å². The van der Waals surface area contributed by atoms with Crippen LogP contribution in [0.25, 0.3) is 0 Å². The minimum Gasteiger partial charge on any atom is -0.335 e. The first-order chi connectivity index (χ1) is 10.2. The number of likely N-dealkylation sites (tertiary alicyclic amines) is 1. The van der Waals surface area contributed by atoms with Gasteiger partial charge in [0.25, 0.3) is 0 Å². The van der Waals surface area contributed by atoms with Crippen molar-refractivity contribution >= 4 is 39.1 Å². The average Bonchev–Trinajstić information content (AvgIpc) is 2.90. The molecule has 1 saturated heterocycles. The fourth-order valence-electron chi connectivity index (χ4n) is 2.53. The van der Waals surface area contributed by atoms with Crippen LogP contribution in [0.2, 0.25) is 10.0 Å². The highest BCUT2D eigenvalue weighted by Gasteiger charge is 2.31. The molecule has 1 amide bonds. The Kier molecular flexibility index (Phi) is 5.37. The normalized spacial score (nSPS) is 19.0. The standard InChI is InChI=1S/C14H18Cl2N2O3S/c1-17(22(2,20)21)9-14(19)18-7-3-4-13(18)10-5-6-11(15)12(16)8-10/h5-6,8,13H,3-4,7,9H2,1-2H3/t13-/m1/s1. The van der Waals surface area contributed by atoms with Gasteiger partial charge in [0.05, 0.1) is 28.9 Å². The van der Waals surface area contributed by atoms with Crippen molar-refractivity contribution in [2.24, 2.45) is 0 Å². The van der Waals surface area contributed by atoms with Crippen molar-refractivity contribution in [3.63, 3.8) is 0 Å². The van der Waals surface area contributed by atoms with E-state index in [0.717, 1.165) is 29.0 Å². The molecule has 22 heavy (non-hydrogen) atoms. The van der Waals surface area contributed by atoms with Crippen molar-refractivity contribution in [1.82, 2.24) is 9.21 Å². The van der Waals surface area contributed by atoms with Crippen LogP contribution >= 0.6 is 23.2 Å². The Morgan fingerprint density at radius 3 is 2.64 bits per heavy atom. The Hall–Kier alpha value is -0.820. The van der Waals surface area contributed by atoms with E-state index in [2.05, 4.69) is 0 Å². The number of halogens is 2. The molecule has 5 nitrogen and oxygen atoms in total. The molecular formula is C14H18Cl2N2O3S. The molecule has 122 valence electrons. The highest BCUT2D eigenvalue weighted by molar-refractivity contribution is 7.88. The summed E-state index contributed by atoms with van der Waals surface area (Å²) in [5.74, 6) is -0.207. The lowest BCUT2D eigenvalue weighted by Crippen LogP contribution is -2.40. The Labute approximate surface area is 140 Å². The minimum atomic E-state index is -3.37. The van der Waals surface area contributed by atoms with Crippen molar-refractivity contribution < 1.29 is 13.2 Å². The second-order valence-corrected chi connectivity index (χ2v) is 8.34. The Bertz CT molecular complexity index is 679. The molecule has 0 spiro atoms. The predicted molar refractivity (Wildman–Crippen MR) is 87.6 cm³/mol. The van der Waals surface area contributed by atoms with Crippen LogP contribution in [0.5, 0.6) is 0 Å². The van der Waals surface area contributed by atoms with Crippen molar-refractivity contribution in [1.29, 1.82) is 0 Å². The van der Waals surface area contributed by atoms with Crippen LogP contribution in [0.1, 0.15) is 24.4 Å². The molecule has 1 atom stereocenters. The van der Waals surface area contributed by atoms with Crippen LogP contribution in [-0.4, -0.2) is 49.9 Å². The van der Waals surface area contributed by atoms with Gasteiger partial charge in [0.15, 0.2) is 0 Å². The molecule has 0 aliphatic carbocycles. The first-order valence-electron chi connectivity index (χ1n) is 6.86. The first kappa shape index (κ1) is 17.5. The summed E-state index contributed by atoms with van der Waals surface area (Å²) < 4.78 is 23.9. The van der Waals surface area contributed by atoms with E-state index in [0.29, 0.717) is 16.6 Å². The number of nitrogens with zero attached hydrogens (tertiary/aromatic N) is 2. The number of hydrogen-bond acceptors (Lipinski definition) is 3. The molecule has 8 heteroatoms. The van der Waals surface area contributed by atoms with Gasteiger partial charge in [-0.2, -0.15) is 4.31 Å². The third-order valence-corrected chi connectivity index (χ3v) is 5.83. The summed E-state index contributed by atoms with van der Waals surface area (Å²) >= 11 is 12.0. The molecular weight excluding hydrogens is 347 g/mol. The van der Waals surface area contributed by atoms with Crippen molar-refractivity contribution in [2.45, 2.75) is 18.9 Å². The average molecular weight is 365 g/mol. The van der Waals surface area contributed by atoms with E-state index in [1.54, 1.807) is 17.0 Å². The van der Waals surface area contributed by atoms with Gasteiger partial charge in [-0.1, -0.05) is 29.3 Å². The zero-order valence-corrected chi connectivity index (χ0v) is 14.7. The fraction of sp³-hybridized carbons (Fsp3) is 0.500. The summed E-state index contributed by atoms with van der Waals surface area (Å²) in [6, 6.07) is 5.24. The molecule has 1 aliphatic heterocycles. The summed E-state index contributed by atoms with van der Waals surface area (Å²) in [4.78, 5) is 14.1. The number of benzene rings is 1. The molecule has 0 N–H and O–H groups in total. The summed E-state index contributed by atoms with van der Waals surface area (Å²) in [7, 11) is -1.97. The Morgan fingerprint density at radius 2 is 2.05 bits per heavy atom. The molecule has 1 fully saturated rings. The van der Waals surface area contributed by atoms with E-state index >= 15 is 0 Å². The number of sulfonamides is 1. The number of carbonyl (C=O) groups excluding carboxylic acids is 1. The van der Waals surface area contributed by atoms with Crippen LogP contribution in [-0.2, 0) is 14.8 Å². The second kappa shape index (κ2) is 6.74. The van der Waals surface area contributed by atoms with Gasteiger partial charge in [-0.25, -0.2) is 8.42 Å². The molecule has 0 radical (unpaired) electrons. The van der Waals surface area contributed by atoms with Gasteiger partial charge in [-0.05, 0) is 30.5 Å². The Morgan fingerprint density at radius 1 is 1.36 bits per heavy atom. The number of amides is 1. The smallest absolute Gasteiger partial charge is 0.238 e. The van der Waals surface area contributed by atoms with E-state index in [1.165, 1.54) is 7.05 Å². The molecule has 0 saturated carbocycles. The lowest BCUT2D eigenvalue weighted by Gasteiger charge is -2.27. The van der Waals surface area contributed by atoms with Crippen LogP contribution < -0.4 is 0 Å². The van der Waals surface area contributed by atoms with Gasteiger partial charge in [-0.15, -0.1) is 0 Å². The quantitative estimate of drug-likeness (QED) is 0.824. The molecule has 2 rings (SSSR count). The van der Waals surface area contributed by atoms with Crippen LogP contribution in [0.3, 0.4) is 0 Å². The first-order valence-corrected chi connectivity index (χ1v) is 9.46. The highest BCUT2D eigenvalue weighted by atomic mass is 35.5.